The van der Waals surface area contributed by atoms with Crippen LogP contribution >= 0.6 is 0 Å². The molecule has 1 rings (SSSR count). The fourth-order valence-corrected chi connectivity index (χ4v) is 1.81. The van der Waals surface area contributed by atoms with Crippen molar-refractivity contribution in [1.82, 2.24) is 0 Å². The molecule has 1 aromatic rings. The Labute approximate surface area is 92.5 Å². The number of hydrogen-bond acceptors (Lipinski definition) is 1. The van der Waals surface area contributed by atoms with Crippen molar-refractivity contribution in [2.45, 2.75) is 39.2 Å². The largest absolute Gasteiger partial charge is 0.385 e. The standard InChI is InChI=1S/C14H20O/c1-5-6-7-14(4,15)13-9-11(2)8-12(3)10-13/h5,8-10,15H,1,6-7H2,2-4H3. The Kier molecular flexibility index (Phi) is 3.70. The van der Waals surface area contributed by atoms with Gasteiger partial charge in [-0.2, -0.15) is 0 Å². The van der Waals surface area contributed by atoms with Crippen LogP contribution in [0.4, 0.5) is 0 Å². The van der Waals surface area contributed by atoms with Crippen LogP contribution in [0.1, 0.15) is 36.5 Å². The van der Waals surface area contributed by atoms with Crippen molar-refractivity contribution in [1.29, 1.82) is 0 Å². The van der Waals surface area contributed by atoms with E-state index in [0.717, 1.165) is 18.4 Å². The lowest BCUT2D eigenvalue weighted by atomic mass is 9.89. The molecule has 1 unspecified atom stereocenters. The summed E-state index contributed by atoms with van der Waals surface area (Å²) in [6, 6.07) is 6.22. The predicted octanol–water partition coefficient (Wildman–Crippen LogP) is 3.48. The number of rotatable bonds is 4. The van der Waals surface area contributed by atoms with Crippen molar-refractivity contribution < 1.29 is 5.11 Å². The van der Waals surface area contributed by atoms with Crippen LogP contribution < -0.4 is 0 Å². The molecular formula is C14H20O. The number of aliphatic hydroxyl groups is 1. The smallest absolute Gasteiger partial charge is 0.0871 e. The second-order valence-electron chi connectivity index (χ2n) is 4.48. The van der Waals surface area contributed by atoms with E-state index < -0.39 is 5.60 Å². The van der Waals surface area contributed by atoms with E-state index in [1.54, 1.807) is 0 Å². The molecule has 0 heterocycles. The van der Waals surface area contributed by atoms with Gasteiger partial charge in [0.1, 0.15) is 0 Å². The van der Waals surface area contributed by atoms with Crippen molar-refractivity contribution in [3.8, 4) is 0 Å². The van der Waals surface area contributed by atoms with Gasteiger partial charge < -0.3 is 5.11 Å². The zero-order valence-electron chi connectivity index (χ0n) is 9.88. The average molecular weight is 204 g/mol. The zero-order valence-corrected chi connectivity index (χ0v) is 9.88. The van der Waals surface area contributed by atoms with E-state index in [4.69, 9.17) is 0 Å². The first-order valence-corrected chi connectivity index (χ1v) is 5.38. The minimum atomic E-state index is -0.745. The van der Waals surface area contributed by atoms with Crippen molar-refractivity contribution in [2.24, 2.45) is 0 Å². The van der Waals surface area contributed by atoms with Crippen LogP contribution in [0.2, 0.25) is 0 Å². The summed E-state index contributed by atoms with van der Waals surface area (Å²) in [6.45, 7) is 9.66. The molecule has 1 atom stereocenters. The highest BCUT2D eigenvalue weighted by molar-refractivity contribution is 5.32. The Hall–Kier alpha value is -1.08. The Morgan fingerprint density at radius 1 is 1.27 bits per heavy atom. The van der Waals surface area contributed by atoms with Gasteiger partial charge in [0, 0.05) is 0 Å². The molecule has 82 valence electrons. The monoisotopic (exact) mass is 204 g/mol. The Bertz CT molecular complexity index is 330. The second-order valence-corrected chi connectivity index (χ2v) is 4.48. The minimum absolute atomic E-state index is 0.722. The molecule has 0 aromatic heterocycles. The quantitative estimate of drug-likeness (QED) is 0.744. The van der Waals surface area contributed by atoms with Gasteiger partial charge >= 0.3 is 0 Å². The summed E-state index contributed by atoms with van der Waals surface area (Å²) >= 11 is 0. The first kappa shape index (κ1) is 12.0. The van der Waals surface area contributed by atoms with E-state index in [-0.39, 0.29) is 0 Å². The van der Waals surface area contributed by atoms with Gasteiger partial charge in [-0.05, 0) is 39.2 Å². The number of benzene rings is 1. The fourth-order valence-electron chi connectivity index (χ4n) is 1.81. The molecule has 1 nitrogen and oxygen atoms in total. The maximum atomic E-state index is 10.3. The summed E-state index contributed by atoms with van der Waals surface area (Å²) in [7, 11) is 0. The van der Waals surface area contributed by atoms with Gasteiger partial charge in [0.05, 0.1) is 5.60 Å². The summed E-state index contributed by atoms with van der Waals surface area (Å²) in [5, 5.41) is 10.3. The molecule has 0 aliphatic heterocycles. The molecular weight excluding hydrogens is 184 g/mol. The molecule has 0 aliphatic carbocycles. The van der Waals surface area contributed by atoms with E-state index in [0.29, 0.717) is 0 Å². The van der Waals surface area contributed by atoms with Gasteiger partial charge in [-0.3, -0.25) is 0 Å². The van der Waals surface area contributed by atoms with E-state index in [9.17, 15) is 5.11 Å². The molecule has 1 heteroatoms. The molecule has 0 radical (unpaired) electrons. The lowest BCUT2D eigenvalue weighted by Crippen LogP contribution is -2.21. The normalized spacial score (nSPS) is 14.7. The molecule has 0 fully saturated rings. The van der Waals surface area contributed by atoms with Gasteiger partial charge in [0.15, 0.2) is 0 Å². The molecule has 0 aliphatic rings. The second kappa shape index (κ2) is 4.63. The van der Waals surface area contributed by atoms with Crippen molar-refractivity contribution in [3.63, 3.8) is 0 Å². The maximum Gasteiger partial charge on any atom is 0.0871 e. The minimum Gasteiger partial charge on any atom is -0.385 e. The Morgan fingerprint density at radius 2 is 1.80 bits per heavy atom. The Balaban J connectivity index is 2.97. The first-order chi connectivity index (χ1) is 6.95. The SMILES string of the molecule is C=CCCC(C)(O)c1cc(C)cc(C)c1. The van der Waals surface area contributed by atoms with Crippen LogP contribution in [-0.4, -0.2) is 5.11 Å². The van der Waals surface area contributed by atoms with Crippen LogP contribution in [0.3, 0.4) is 0 Å². The fraction of sp³-hybridized carbons (Fsp3) is 0.429. The van der Waals surface area contributed by atoms with Crippen LogP contribution in [0.5, 0.6) is 0 Å². The molecule has 0 spiro atoms. The molecule has 0 saturated heterocycles. The topological polar surface area (TPSA) is 20.2 Å². The lowest BCUT2D eigenvalue weighted by molar-refractivity contribution is 0.0487. The molecule has 0 bridgehead atoms. The molecule has 1 N–H and O–H groups in total. The highest BCUT2D eigenvalue weighted by Gasteiger charge is 2.22. The van der Waals surface area contributed by atoms with Crippen molar-refractivity contribution >= 4 is 0 Å². The summed E-state index contributed by atoms with van der Waals surface area (Å²) in [6.07, 6.45) is 3.40. The maximum absolute atomic E-state index is 10.3. The van der Waals surface area contributed by atoms with Gasteiger partial charge in [-0.1, -0.05) is 35.4 Å². The molecule has 15 heavy (non-hydrogen) atoms. The summed E-state index contributed by atoms with van der Waals surface area (Å²) < 4.78 is 0. The summed E-state index contributed by atoms with van der Waals surface area (Å²) in [4.78, 5) is 0. The lowest BCUT2D eigenvalue weighted by Gasteiger charge is -2.24. The van der Waals surface area contributed by atoms with Crippen molar-refractivity contribution in [2.75, 3.05) is 0 Å². The average Bonchev–Trinajstić information content (AvgIpc) is 2.13. The van der Waals surface area contributed by atoms with E-state index in [2.05, 4.69) is 38.6 Å². The summed E-state index contributed by atoms with van der Waals surface area (Å²) in [5.74, 6) is 0. The van der Waals surface area contributed by atoms with Crippen LogP contribution in [0, 0.1) is 13.8 Å². The first-order valence-electron chi connectivity index (χ1n) is 5.38. The number of aryl methyl sites for hydroxylation is 2. The third-order valence-corrected chi connectivity index (χ3v) is 2.68. The van der Waals surface area contributed by atoms with Crippen LogP contribution in [-0.2, 0) is 5.60 Å². The van der Waals surface area contributed by atoms with Crippen molar-refractivity contribution in [3.05, 3.63) is 47.5 Å². The van der Waals surface area contributed by atoms with Gasteiger partial charge in [-0.15, -0.1) is 6.58 Å². The van der Waals surface area contributed by atoms with Gasteiger partial charge in [-0.25, -0.2) is 0 Å². The predicted molar refractivity (Wildman–Crippen MR) is 64.9 cm³/mol. The highest BCUT2D eigenvalue weighted by Crippen LogP contribution is 2.27. The van der Waals surface area contributed by atoms with Gasteiger partial charge in [0.25, 0.3) is 0 Å². The number of hydrogen-bond donors (Lipinski definition) is 1. The Morgan fingerprint density at radius 3 is 2.27 bits per heavy atom. The van der Waals surface area contributed by atoms with Crippen LogP contribution in [0.25, 0.3) is 0 Å². The van der Waals surface area contributed by atoms with E-state index in [1.165, 1.54) is 11.1 Å². The zero-order chi connectivity index (χ0) is 11.5. The van der Waals surface area contributed by atoms with Crippen LogP contribution in [0.15, 0.2) is 30.9 Å². The number of allylic oxidation sites excluding steroid dienone is 1. The third-order valence-electron chi connectivity index (χ3n) is 2.68. The van der Waals surface area contributed by atoms with E-state index in [1.807, 2.05) is 13.0 Å². The summed E-state index contributed by atoms with van der Waals surface area (Å²) in [5.41, 5.74) is 2.65. The van der Waals surface area contributed by atoms with E-state index >= 15 is 0 Å². The third kappa shape index (κ3) is 3.21. The molecule has 0 amide bonds. The highest BCUT2D eigenvalue weighted by atomic mass is 16.3. The molecule has 1 aromatic carbocycles. The van der Waals surface area contributed by atoms with Gasteiger partial charge in [0.2, 0.25) is 0 Å². The molecule has 0 saturated carbocycles.